The van der Waals surface area contributed by atoms with Crippen molar-refractivity contribution in [1.82, 2.24) is 9.80 Å². The molecule has 3 aromatic carbocycles. The smallest absolute Gasteiger partial charge is 0.303 e. The summed E-state index contributed by atoms with van der Waals surface area (Å²) in [5.41, 5.74) is 6.64. The lowest BCUT2D eigenvalue weighted by Gasteiger charge is -2.20. The Morgan fingerprint density at radius 2 is 1.27 bits per heavy atom. The third-order valence-corrected chi connectivity index (χ3v) is 10.4. The molecule has 2 fully saturated rings. The molecular weight excluding hydrogens is 713 g/mol. The Bertz CT molecular complexity index is 2130. The van der Waals surface area contributed by atoms with Gasteiger partial charge in [0.2, 0.25) is 0 Å². The molecule has 0 aromatic heterocycles. The number of benzene rings is 3. The zero-order chi connectivity index (χ0) is 39.3. The van der Waals surface area contributed by atoms with Crippen LogP contribution in [0.3, 0.4) is 0 Å². The van der Waals surface area contributed by atoms with Crippen LogP contribution in [0.15, 0.2) is 75.7 Å². The molecule has 4 aliphatic rings. The minimum Gasteiger partial charge on any atom is -0.493 e. The second-order valence-electron chi connectivity index (χ2n) is 14.1. The number of hydrogen-bond acceptors (Lipinski definition) is 9. The highest BCUT2D eigenvalue weighted by atomic mass is 16.5. The first-order valence-electron chi connectivity index (χ1n) is 18.7. The molecule has 56 heavy (non-hydrogen) atoms. The number of allylic oxidation sites excluding steroid dienone is 2. The SMILES string of the molecule is C/C=C1\C[C@H]2C=Nc3cc(OCc4cc(C#CCCCC(=O)O)cc(COc5cc6c(cc5OC)C(=O)N5C/C(=C/C)C[C@H]5C=N6)c4)c(OC)cc3C(=O)N2C1. The van der Waals surface area contributed by atoms with Crippen LogP contribution in [0, 0.1) is 11.8 Å². The lowest BCUT2D eigenvalue weighted by atomic mass is 10.1. The number of rotatable bonds is 11. The van der Waals surface area contributed by atoms with Gasteiger partial charge in [-0.3, -0.25) is 24.4 Å². The topological polar surface area (TPSA) is 140 Å². The summed E-state index contributed by atoms with van der Waals surface area (Å²) in [6.45, 7) is 5.39. The molecule has 0 spiro atoms. The highest BCUT2D eigenvalue weighted by molar-refractivity contribution is 6.04. The number of ether oxygens (including phenoxy) is 4. The second-order valence-corrected chi connectivity index (χ2v) is 14.1. The maximum Gasteiger partial charge on any atom is 0.303 e. The van der Waals surface area contributed by atoms with E-state index in [1.165, 1.54) is 25.4 Å². The van der Waals surface area contributed by atoms with Gasteiger partial charge in [0.15, 0.2) is 23.0 Å². The number of nitrogens with zero attached hydrogens (tertiary/aromatic N) is 4. The molecule has 2 saturated heterocycles. The first-order chi connectivity index (χ1) is 27.2. The summed E-state index contributed by atoms with van der Waals surface area (Å²) in [6.07, 6.45) is 10.2. The molecule has 0 bridgehead atoms. The van der Waals surface area contributed by atoms with Crippen LogP contribution in [0.2, 0.25) is 0 Å². The second kappa shape index (κ2) is 16.6. The van der Waals surface area contributed by atoms with Crippen molar-refractivity contribution >= 4 is 41.6 Å². The van der Waals surface area contributed by atoms with Gasteiger partial charge in [0, 0.05) is 56.1 Å². The van der Waals surface area contributed by atoms with Gasteiger partial charge in [-0.25, -0.2) is 0 Å². The fraction of sp³-hybridized carbons (Fsp3) is 0.341. The normalized spacial score (nSPS) is 19.4. The van der Waals surface area contributed by atoms with Crippen molar-refractivity contribution in [2.75, 3.05) is 27.3 Å². The highest BCUT2D eigenvalue weighted by Crippen LogP contribution is 2.41. The van der Waals surface area contributed by atoms with Crippen LogP contribution in [0.25, 0.3) is 0 Å². The summed E-state index contributed by atoms with van der Waals surface area (Å²) in [5.74, 6) is 6.88. The molecule has 0 saturated carbocycles. The Labute approximate surface area is 326 Å². The maximum atomic E-state index is 13.6. The van der Waals surface area contributed by atoms with Crippen LogP contribution < -0.4 is 18.9 Å². The van der Waals surface area contributed by atoms with E-state index in [9.17, 15) is 14.4 Å². The van der Waals surface area contributed by atoms with E-state index in [0.717, 1.165) is 24.0 Å². The number of carbonyl (C=O) groups is 3. The largest absolute Gasteiger partial charge is 0.493 e. The van der Waals surface area contributed by atoms with Crippen molar-refractivity contribution in [2.45, 2.75) is 71.2 Å². The van der Waals surface area contributed by atoms with E-state index in [2.05, 4.69) is 34.0 Å². The lowest BCUT2D eigenvalue weighted by molar-refractivity contribution is -0.137. The number of aliphatic carboxylic acids is 1. The number of carboxylic acid groups (broad SMARTS) is 1. The van der Waals surface area contributed by atoms with E-state index in [0.29, 0.717) is 77.0 Å². The highest BCUT2D eigenvalue weighted by Gasteiger charge is 2.36. The van der Waals surface area contributed by atoms with Crippen molar-refractivity contribution in [3.05, 3.63) is 93.6 Å². The zero-order valence-corrected chi connectivity index (χ0v) is 32.0. The van der Waals surface area contributed by atoms with E-state index >= 15 is 0 Å². The Morgan fingerprint density at radius 3 is 1.71 bits per heavy atom. The number of aliphatic imine (C=N–C) groups is 2. The van der Waals surface area contributed by atoms with Crippen molar-refractivity contribution in [2.24, 2.45) is 9.98 Å². The van der Waals surface area contributed by atoms with Gasteiger partial charge in [-0.1, -0.05) is 35.1 Å². The van der Waals surface area contributed by atoms with Crippen molar-refractivity contribution in [3.8, 4) is 34.8 Å². The fourth-order valence-electron chi connectivity index (χ4n) is 7.35. The van der Waals surface area contributed by atoms with Crippen LogP contribution in [0.1, 0.15) is 83.4 Å². The van der Waals surface area contributed by atoms with Crippen LogP contribution in [0.5, 0.6) is 23.0 Å². The Morgan fingerprint density at radius 1 is 0.768 bits per heavy atom. The molecule has 4 heterocycles. The zero-order valence-electron chi connectivity index (χ0n) is 32.0. The summed E-state index contributed by atoms with van der Waals surface area (Å²) >= 11 is 0. The minimum atomic E-state index is -0.858. The summed E-state index contributed by atoms with van der Waals surface area (Å²) in [4.78, 5) is 51.2. The van der Waals surface area contributed by atoms with Gasteiger partial charge < -0.3 is 33.9 Å². The molecule has 7 rings (SSSR count). The molecule has 0 radical (unpaired) electrons. The molecule has 1 N–H and O–H groups in total. The quantitative estimate of drug-likeness (QED) is 0.123. The summed E-state index contributed by atoms with van der Waals surface area (Å²) in [5, 5.41) is 9.03. The molecule has 3 aromatic rings. The van der Waals surface area contributed by atoms with Crippen molar-refractivity contribution in [1.29, 1.82) is 0 Å². The van der Waals surface area contributed by atoms with E-state index < -0.39 is 5.97 Å². The van der Waals surface area contributed by atoms with Gasteiger partial charge in [-0.2, -0.15) is 0 Å². The minimum absolute atomic E-state index is 0.0448. The molecule has 0 unspecified atom stereocenters. The third kappa shape index (κ3) is 8.03. The van der Waals surface area contributed by atoms with Gasteiger partial charge in [-0.05, 0) is 74.6 Å². The Hall–Kier alpha value is -6.35. The standard InChI is InChI=1S/C44H44N4O8/c1-5-27-15-32-21-45-36-19-40(38(53-3)17-34(36)43(51)47(32)23-27)55-25-30-12-29(10-8-7-9-11-42(49)50)13-31(14-30)26-56-41-20-37-35(18-39(41)54-4)44(52)48-24-28(6-2)16-33(48)22-46-37/h5-6,12-14,17-22,32-33H,7,9,11,15-16,23-26H2,1-4H3,(H,49,50)/b27-5+,28-6+/t32-,33-/m0/s1. The summed E-state index contributed by atoms with van der Waals surface area (Å²) < 4.78 is 24.0. The molecule has 4 aliphatic heterocycles. The summed E-state index contributed by atoms with van der Waals surface area (Å²) in [6, 6.07) is 12.4. The van der Waals surface area contributed by atoms with Gasteiger partial charge in [0.1, 0.15) is 13.2 Å². The Balaban J connectivity index is 1.13. The van der Waals surface area contributed by atoms with Gasteiger partial charge in [-0.15, -0.1) is 0 Å². The maximum absolute atomic E-state index is 13.6. The number of fused-ring (bicyclic) bond motifs is 4. The number of methoxy groups -OCH3 is 2. The van der Waals surface area contributed by atoms with Gasteiger partial charge in [0.05, 0.1) is 48.8 Å². The predicted molar refractivity (Wildman–Crippen MR) is 212 cm³/mol. The molecule has 2 amide bonds. The van der Waals surface area contributed by atoms with Crippen LogP contribution >= 0.6 is 0 Å². The van der Waals surface area contributed by atoms with Crippen LogP contribution in [-0.4, -0.2) is 84.5 Å². The molecule has 0 aliphatic carbocycles. The third-order valence-electron chi connectivity index (χ3n) is 10.4. The van der Waals surface area contributed by atoms with E-state index in [-0.39, 0.29) is 43.5 Å². The fourth-order valence-corrected chi connectivity index (χ4v) is 7.35. The number of carboxylic acids is 1. The number of amides is 2. The van der Waals surface area contributed by atoms with E-state index in [4.69, 9.17) is 24.1 Å². The van der Waals surface area contributed by atoms with Crippen LogP contribution in [0.4, 0.5) is 11.4 Å². The molecule has 12 nitrogen and oxygen atoms in total. The first-order valence-corrected chi connectivity index (χ1v) is 18.7. The van der Waals surface area contributed by atoms with Gasteiger partial charge >= 0.3 is 5.97 Å². The monoisotopic (exact) mass is 756 g/mol. The van der Waals surface area contributed by atoms with Crippen molar-refractivity contribution in [3.63, 3.8) is 0 Å². The first kappa shape index (κ1) is 37.9. The molecule has 12 heteroatoms. The van der Waals surface area contributed by atoms with Gasteiger partial charge in [0.25, 0.3) is 11.8 Å². The number of unbranched alkanes of at least 4 members (excludes halogenated alkanes) is 1. The molecule has 2 atom stereocenters. The average Bonchev–Trinajstić information content (AvgIpc) is 3.77. The lowest BCUT2D eigenvalue weighted by Crippen LogP contribution is -2.35. The van der Waals surface area contributed by atoms with E-state index in [1.54, 1.807) is 24.3 Å². The Kier molecular flexibility index (Phi) is 11.2. The predicted octanol–water partition coefficient (Wildman–Crippen LogP) is 7.22. The average molecular weight is 757 g/mol. The molecule has 288 valence electrons. The number of hydrogen-bond donors (Lipinski definition) is 1. The van der Waals surface area contributed by atoms with Crippen LogP contribution in [-0.2, 0) is 18.0 Å². The van der Waals surface area contributed by atoms with Crippen molar-refractivity contribution < 1.29 is 38.4 Å². The van der Waals surface area contributed by atoms with E-state index in [1.807, 2.05) is 54.3 Å². The summed E-state index contributed by atoms with van der Waals surface area (Å²) in [7, 11) is 3.07. The number of carbonyl (C=O) groups excluding carboxylic acids is 2. The molecular formula is C44H44N4O8.